The predicted molar refractivity (Wildman–Crippen MR) is 103 cm³/mol. The molecular formula is C19H12Cl2F3NO4. The molecule has 2 aromatic carbocycles. The first-order valence-corrected chi connectivity index (χ1v) is 8.83. The molecule has 0 aliphatic heterocycles. The second-order valence-corrected chi connectivity index (χ2v) is 6.87. The molecular weight excluding hydrogens is 434 g/mol. The first kappa shape index (κ1) is 21.0. The van der Waals surface area contributed by atoms with Gasteiger partial charge in [-0.1, -0.05) is 23.2 Å². The Morgan fingerprint density at radius 1 is 1.14 bits per heavy atom. The molecule has 0 aliphatic rings. The van der Waals surface area contributed by atoms with Crippen LogP contribution in [0.1, 0.15) is 11.1 Å². The Morgan fingerprint density at radius 3 is 2.55 bits per heavy atom. The lowest BCUT2D eigenvalue weighted by atomic mass is 10.1. The number of hydrogen-bond acceptors (Lipinski definition) is 4. The summed E-state index contributed by atoms with van der Waals surface area (Å²) in [5.41, 5.74) is -0.847. The highest BCUT2D eigenvalue weighted by molar-refractivity contribution is 6.34. The van der Waals surface area contributed by atoms with Gasteiger partial charge in [0.05, 0.1) is 21.3 Å². The Hall–Kier alpha value is -2.71. The van der Waals surface area contributed by atoms with Crippen LogP contribution in [0.15, 0.2) is 45.6 Å². The smallest absolute Gasteiger partial charge is 0.416 e. The standard InChI is InChI=1S/C19H12Cl2F3NO4/c1-9-4-18(27)29-15-7-16(13(21)6-11(9)15)28-8-17(26)25-14-5-10(19(22,23)24)2-3-12(14)20/h2-7H,8H2,1H3,(H,25,26). The maximum atomic E-state index is 12.8. The molecule has 0 unspecified atom stereocenters. The van der Waals surface area contributed by atoms with Crippen molar-refractivity contribution in [3.8, 4) is 5.75 Å². The molecule has 0 aliphatic carbocycles. The van der Waals surface area contributed by atoms with Crippen LogP contribution in [0, 0.1) is 6.92 Å². The number of benzene rings is 2. The van der Waals surface area contributed by atoms with E-state index in [-0.39, 0.29) is 27.1 Å². The van der Waals surface area contributed by atoms with Crippen LogP contribution in [0.2, 0.25) is 10.0 Å². The van der Waals surface area contributed by atoms with Gasteiger partial charge < -0.3 is 14.5 Å². The van der Waals surface area contributed by atoms with Crippen molar-refractivity contribution in [2.24, 2.45) is 0 Å². The minimum Gasteiger partial charge on any atom is -0.482 e. The summed E-state index contributed by atoms with van der Waals surface area (Å²) in [6, 6.07) is 6.75. The fraction of sp³-hybridized carbons (Fsp3) is 0.158. The molecule has 0 bridgehead atoms. The second kappa shape index (κ2) is 7.96. The number of anilines is 1. The zero-order valence-corrected chi connectivity index (χ0v) is 16.2. The fourth-order valence-electron chi connectivity index (χ4n) is 2.56. The topological polar surface area (TPSA) is 68.5 Å². The second-order valence-electron chi connectivity index (χ2n) is 6.06. The number of rotatable bonds is 4. The van der Waals surface area contributed by atoms with E-state index in [9.17, 15) is 22.8 Å². The van der Waals surface area contributed by atoms with E-state index in [0.717, 1.165) is 18.2 Å². The zero-order chi connectivity index (χ0) is 21.3. The van der Waals surface area contributed by atoms with Gasteiger partial charge >= 0.3 is 11.8 Å². The van der Waals surface area contributed by atoms with Gasteiger partial charge in [0.15, 0.2) is 6.61 Å². The third-order valence-corrected chi connectivity index (χ3v) is 4.56. The maximum absolute atomic E-state index is 12.8. The van der Waals surface area contributed by atoms with Gasteiger partial charge in [-0.3, -0.25) is 4.79 Å². The van der Waals surface area contributed by atoms with Crippen LogP contribution in [0.4, 0.5) is 18.9 Å². The Morgan fingerprint density at radius 2 is 1.86 bits per heavy atom. The van der Waals surface area contributed by atoms with E-state index in [4.69, 9.17) is 32.4 Å². The SMILES string of the molecule is Cc1cc(=O)oc2cc(OCC(=O)Nc3cc(C(F)(F)F)ccc3Cl)c(Cl)cc12. The number of halogens is 5. The summed E-state index contributed by atoms with van der Waals surface area (Å²) >= 11 is 12.0. The molecule has 0 atom stereocenters. The Labute approximate surface area is 172 Å². The maximum Gasteiger partial charge on any atom is 0.416 e. The van der Waals surface area contributed by atoms with E-state index < -0.39 is 29.9 Å². The molecule has 0 saturated carbocycles. The third kappa shape index (κ3) is 4.83. The van der Waals surface area contributed by atoms with E-state index in [1.807, 2.05) is 0 Å². The number of carbonyl (C=O) groups excluding carboxylic acids is 1. The van der Waals surface area contributed by atoms with Crippen molar-refractivity contribution >= 4 is 45.8 Å². The first-order valence-electron chi connectivity index (χ1n) is 8.08. The fourth-order valence-corrected chi connectivity index (χ4v) is 2.94. The average molecular weight is 446 g/mol. The van der Waals surface area contributed by atoms with Crippen molar-refractivity contribution in [3.05, 3.63) is 68.0 Å². The Balaban J connectivity index is 1.76. The van der Waals surface area contributed by atoms with Crippen LogP contribution in [0.5, 0.6) is 5.75 Å². The number of carbonyl (C=O) groups is 1. The van der Waals surface area contributed by atoms with Crippen molar-refractivity contribution in [2.75, 3.05) is 11.9 Å². The minimum absolute atomic E-state index is 0.0627. The average Bonchev–Trinajstić information content (AvgIpc) is 2.61. The molecule has 0 fully saturated rings. The molecule has 0 radical (unpaired) electrons. The van der Waals surface area contributed by atoms with Crippen molar-refractivity contribution in [2.45, 2.75) is 13.1 Å². The summed E-state index contributed by atoms with van der Waals surface area (Å²) in [7, 11) is 0. The van der Waals surface area contributed by atoms with Crippen LogP contribution in [0.3, 0.4) is 0 Å². The van der Waals surface area contributed by atoms with Crippen LogP contribution in [-0.2, 0) is 11.0 Å². The number of ether oxygens (including phenoxy) is 1. The summed E-state index contributed by atoms with van der Waals surface area (Å²) < 4.78 is 48.8. The Kier molecular flexibility index (Phi) is 5.77. The van der Waals surface area contributed by atoms with Gasteiger partial charge in [-0.15, -0.1) is 0 Å². The van der Waals surface area contributed by atoms with Crippen LogP contribution < -0.4 is 15.7 Å². The molecule has 3 rings (SSSR count). The molecule has 5 nitrogen and oxygen atoms in total. The number of nitrogens with one attached hydrogen (secondary N) is 1. The number of alkyl halides is 3. The first-order chi connectivity index (χ1) is 13.5. The van der Waals surface area contributed by atoms with Gasteiger partial charge in [0, 0.05) is 17.5 Å². The lowest BCUT2D eigenvalue weighted by Gasteiger charge is -2.13. The summed E-state index contributed by atoms with van der Waals surface area (Å²) in [6.07, 6.45) is -4.58. The molecule has 1 amide bonds. The van der Waals surface area contributed by atoms with Gasteiger partial charge in [0.25, 0.3) is 5.91 Å². The van der Waals surface area contributed by atoms with Crippen molar-refractivity contribution in [1.29, 1.82) is 0 Å². The largest absolute Gasteiger partial charge is 0.482 e. The molecule has 0 spiro atoms. The monoisotopic (exact) mass is 445 g/mol. The van der Waals surface area contributed by atoms with Gasteiger partial charge in [-0.25, -0.2) is 4.79 Å². The third-order valence-electron chi connectivity index (χ3n) is 3.93. The molecule has 3 aromatic rings. The highest BCUT2D eigenvalue weighted by atomic mass is 35.5. The van der Waals surface area contributed by atoms with Crippen LogP contribution in [0.25, 0.3) is 11.0 Å². The van der Waals surface area contributed by atoms with Crippen molar-refractivity contribution in [3.63, 3.8) is 0 Å². The van der Waals surface area contributed by atoms with E-state index >= 15 is 0 Å². The normalized spacial score (nSPS) is 11.5. The van der Waals surface area contributed by atoms with Crippen molar-refractivity contribution < 1.29 is 27.1 Å². The molecule has 1 aromatic heterocycles. The number of fused-ring (bicyclic) bond motifs is 1. The van der Waals surface area contributed by atoms with Gasteiger partial charge in [0.2, 0.25) is 0 Å². The lowest BCUT2D eigenvalue weighted by Crippen LogP contribution is -2.21. The highest BCUT2D eigenvalue weighted by Gasteiger charge is 2.31. The number of hydrogen-bond donors (Lipinski definition) is 1. The molecule has 1 N–H and O–H groups in total. The lowest BCUT2D eigenvalue weighted by molar-refractivity contribution is -0.137. The predicted octanol–water partition coefficient (Wildman–Crippen LogP) is 5.44. The molecule has 1 heterocycles. The van der Waals surface area contributed by atoms with E-state index in [1.165, 1.54) is 18.2 Å². The van der Waals surface area contributed by atoms with E-state index in [1.54, 1.807) is 6.92 Å². The van der Waals surface area contributed by atoms with Gasteiger partial charge in [0.1, 0.15) is 11.3 Å². The molecule has 0 saturated heterocycles. The van der Waals surface area contributed by atoms with E-state index in [0.29, 0.717) is 10.9 Å². The number of aryl methyl sites for hydroxylation is 1. The molecule has 152 valence electrons. The minimum atomic E-state index is -4.58. The van der Waals surface area contributed by atoms with Crippen LogP contribution >= 0.6 is 23.2 Å². The van der Waals surface area contributed by atoms with Crippen molar-refractivity contribution in [1.82, 2.24) is 0 Å². The summed E-state index contributed by atoms with van der Waals surface area (Å²) in [5.74, 6) is -0.689. The summed E-state index contributed by atoms with van der Waals surface area (Å²) in [4.78, 5) is 23.6. The summed E-state index contributed by atoms with van der Waals surface area (Å²) in [5, 5.41) is 2.96. The van der Waals surface area contributed by atoms with Crippen LogP contribution in [-0.4, -0.2) is 12.5 Å². The highest BCUT2D eigenvalue weighted by Crippen LogP contribution is 2.34. The number of amides is 1. The molecule has 10 heteroatoms. The molecule has 29 heavy (non-hydrogen) atoms. The Bertz CT molecular complexity index is 1160. The van der Waals surface area contributed by atoms with Gasteiger partial charge in [-0.05, 0) is 36.8 Å². The van der Waals surface area contributed by atoms with Gasteiger partial charge in [-0.2, -0.15) is 13.2 Å². The summed E-state index contributed by atoms with van der Waals surface area (Å²) in [6.45, 7) is 1.15. The zero-order valence-electron chi connectivity index (χ0n) is 14.7. The quantitative estimate of drug-likeness (QED) is 0.542. The van der Waals surface area contributed by atoms with E-state index in [2.05, 4.69) is 5.32 Å².